The van der Waals surface area contributed by atoms with Gasteiger partial charge in [-0.15, -0.1) is 0 Å². The fraction of sp³-hybridized carbons (Fsp3) is 0.158. The number of pyridine rings is 1. The van der Waals surface area contributed by atoms with Gasteiger partial charge in [0, 0.05) is 17.0 Å². The fourth-order valence-corrected chi connectivity index (χ4v) is 2.73. The SMILES string of the molecule is COc1cc2nc(-c3ccccc3C)cc(C(=O)O)c2cc1OC. The predicted octanol–water partition coefficient (Wildman–Crippen LogP) is 3.93. The van der Waals surface area contributed by atoms with Gasteiger partial charge in [-0.2, -0.15) is 0 Å². The van der Waals surface area contributed by atoms with Crippen molar-refractivity contribution in [2.24, 2.45) is 0 Å². The summed E-state index contributed by atoms with van der Waals surface area (Å²) in [6, 6.07) is 12.7. The second-order valence-corrected chi connectivity index (χ2v) is 5.40. The number of rotatable bonds is 4. The van der Waals surface area contributed by atoms with Crippen LogP contribution >= 0.6 is 0 Å². The van der Waals surface area contributed by atoms with Crippen LogP contribution in [0, 0.1) is 6.92 Å². The molecule has 0 unspecified atom stereocenters. The highest BCUT2D eigenvalue weighted by molar-refractivity contribution is 6.04. The molecule has 0 aliphatic carbocycles. The van der Waals surface area contributed by atoms with Crippen LogP contribution in [0.5, 0.6) is 11.5 Å². The summed E-state index contributed by atoms with van der Waals surface area (Å²) in [4.78, 5) is 16.4. The first kappa shape index (κ1) is 15.8. The molecule has 5 heteroatoms. The molecule has 1 N–H and O–H groups in total. The van der Waals surface area contributed by atoms with Crippen LogP contribution in [-0.2, 0) is 0 Å². The Balaban J connectivity index is 2.35. The zero-order chi connectivity index (χ0) is 17.3. The Labute approximate surface area is 139 Å². The standard InChI is InChI=1S/C19H17NO4/c1-11-6-4-5-7-12(11)15-8-14(19(21)22)13-9-17(23-2)18(24-3)10-16(13)20-15/h4-10H,1-3H3,(H,21,22). The molecule has 0 amide bonds. The van der Waals surface area contributed by atoms with E-state index >= 15 is 0 Å². The molecule has 0 saturated carbocycles. The third-order valence-corrected chi connectivity index (χ3v) is 3.97. The molecular formula is C19H17NO4. The third-order valence-electron chi connectivity index (χ3n) is 3.97. The normalized spacial score (nSPS) is 10.6. The molecule has 1 aromatic heterocycles. The lowest BCUT2D eigenvalue weighted by atomic mass is 10.0. The van der Waals surface area contributed by atoms with Gasteiger partial charge in [-0.1, -0.05) is 24.3 Å². The lowest BCUT2D eigenvalue weighted by molar-refractivity contribution is 0.0699. The zero-order valence-electron chi connectivity index (χ0n) is 13.7. The largest absolute Gasteiger partial charge is 0.493 e. The van der Waals surface area contributed by atoms with Crippen LogP contribution in [0.4, 0.5) is 0 Å². The minimum Gasteiger partial charge on any atom is -0.493 e. The van der Waals surface area contributed by atoms with Crippen molar-refractivity contribution in [3.8, 4) is 22.8 Å². The summed E-state index contributed by atoms with van der Waals surface area (Å²) in [6.07, 6.45) is 0. The average Bonchev–Trinajstić information content (AvgIpc) is 2.59. The van der Waals surface area contributed by atoms with Crippen molar-refractivity contribution >= 4 is 16.9 Å². The molecule has 0 atom stereocenters. The van der Waals surface area contributed by atoms with Crippen molar-refractivity contribution in [1.82, 2.24) is 4.98 Å². The minimum absolute atomic E-state index is 0.180. The molecule has 0 spiro atoms. The van der Waals surface area contributed by atoms with Gasteiger partial charge < -0.3 is 14.6 Å². The monoisotopic (exact) mass is 323 g/mol. The summed E-state index contributed by atoms with van der Waals surface area (Å²) in [5.41, 5.74) is 3.27. The number of hydrogen-bond acceptors (Lipinski definition) is 4. The second-order valence-electron chi connectivity index (χ2n) is 5.40. The number of aryl methyl sites for hydroxylation is 1. The molecule has 5 nitrogen and oxygen atoms in total. The van der Waals surface area contributed by atoms with E-state index in [2.05, 4.69) is 4.98 Å². The highest BCUT2D eigenvalue weighted by atomic mass is 16.5. The molecule has 0 fully saturated rings. The van der Waals surface area contributed by atoms with Crippen LogP contribution in [0.1, 0.15) is 15.9 Å². The van der Waals surface area contributed by atoms with E-state index in [0.717, 1.165) is 11.1 Å². The van der Waals surface area contributed by atoms with Crippen molar-refractivity contribution in [1.29, 1.82) is 0 Å². The Morgan fingerprint density at radius 1 is 1.04 bits per heavy atom. The summed E-state index contributed by atoms with van der Waals surface area (Å²) < 4.78 is 10.6. The molecular weight excluding hydrogens is 306 g/mol. The van der Waals surface area contributed by atoms with Gasteiger partial charge in [-0.3, -0.25) is 0 Å². The molecule has 0 bridgehead atoms. The molecule has 0 radical (unpaired) electrons. The van der Waals surface area contributed by atoms with Crippen molar-refractivity contribution < 1.29 is 19.4 Å². The number of carboxylic acid groups (broad SMARTS) is 1. The zero-order valence-corrected chi connectivity index (χ0v) is 13.7. The van der Waals surface area contributed by atoms with E-state index in [4.69, 9.17) is 9.47 Å². The van der Waals surface area contributed by atoms with E-state index in [-0.39, 0.29) is 5.56 Å². The molecule has 3 rings (SSSR count). The molecule has 24 heavy (non-hydrogen) atoms. The lowest BCUT2D eigenvalue weighted by Crippen LogP contribution is -2.02. The number of carboxylic acids is 1. The van der Waals surface area contributed by atoms with Crippen molar-refractivity contribution in [2.75, 3.05) is 14.2 Å². The van der Waals surface area contributed by atoms with E-state index < -0.39 is 5.97 Å². The fourth-order valence-electron chi connectivity index (χ4n) is 2.73. The van der Waals surface area contributed by atoms with E-state index in [1.54, 1.807) is 18.2 Å². The number of carbonyl (C=O) groups is 1. The predicted molar refractivity (Wildman–Crippen MR) is 92.0 cm³/mol. The maximum absolute atomic E-state index is 11.7. The van der Waals surface area contributed by atoms with Gasteiger partial charge in [0.05, 0.1) is 31.0 Å². The minimum atomic E-state index is -1.01. The summed E-state index contributed by atoms with van der Waals surface area (Å²) in [5.74, 6) is -0.0295. The van der Waals surface area contributed by atoms with Gasteiger partial charge in [-0.25, -0.2) is 9.78 Å². The number of nitrogens with zero attached hydrogens (tertiary/aromatic N) is 1. The van der Waals surface area contributed by atoms with Crippen LogP contribution in [0.2, 0.25) is 0 Å². The number of ether oxygens (including phenoxy) is 2. The van der Waals surface area contributed by atoms with Crippen molar-refractivity contribution in [2.45, 2.75) is 6.92 Å². The van der Waals surface area contributed by atoms with E-state index in [1.807, 2.05) is 31.2 Å². The third kappa shape index (κ3) is 2.65. The van der Waals surface area contributed by atoms with Gasteiger partial charge in [0.25, 0.3) is 0 Å². The maximum Gasteiger partial charge on any atom is 0.336 e. The number of aromatic carboxylic acids is 1. The topological polar surface area (TPSA) is 68.7 Å². The van der Waals surface area contributed by atoms with Crippen molar-refractivity contribution in [3.63, 3.8) is 0 Å². The average molecular weight is 323 g/mol. The Hall–Kier alpha value is -3.08. The molecule has 0 aliphatic rings. The molecule has 0 saturated heterocycles. The Bertz CT molecular complexity index is 934. The summed E-state index contributed by atoms with van der Waals surface area (Å²) in [6.45, 7) is 1.97. The van der Waals surface area contributed by atoms with Crippen LogP contribution in [0.15, 0.2) is 42.5 Å². The molecule has 2 aromatic carbocycles. The highest BCUT2D eigenvalue weighted by Crippen LogP contribution is 2.35. The van der Waals surface area contributed by atoms with Gasteiger partial charge in [0.2, 0.25) is 0 Å². The summed E-state index contributed by atoms with van der Waals surface area (Å²) >= 11 is 0. The first-order chi connectivity index (χ1) is 11.5. The van der Waals surface area contributed by atoms with Gasteiger partial charge in [0.1, 0.15) is 0 Å². The quantitative estimate of drug-likeness (QED) is 0.788. The number of aromatic nitrogens is 1. The first-order valence-electron chi connectivity index (χ1n) is 7.41. The maximum atomic E-state index is 11.7. The number of benzene rings is 2. The van der Waals surface area contributed by atoms with Gasteiger partial charge in [-0.05, 0) is 24.6 Å². The number of fused-ring (bicyclic) bond motifs is 1. The van der Waals surface area contributed by atoms with Crippen LogP contribution < -0.4 is 9.47 Å². The Morgan fingerprint density at radius 2 is 1.71 bits per heavy atom. The van der Waals surface area contributed by atoms with E-state index in [1.165, 1.54) is 14.2 Å². The Kier molecular flexibility index (Phi) is 4.08. The van der Waals surface area contributed by atoms with E-state index in [0.29, 0.717) is 28.1 Å². The van der Waals surface area contributed by atoms with Gasteiger partial charge in [0.15, 0.2) is 11.5 Å². The Morgan fingerprint density at radius 3 is 2.33 bits per heavy atom. The summed E-state index contributed by atoms with van der Waals surface area (Å²) in [7, 11) is 3.05. The smallest absolute Gasteiger partial charge is 0.336 e. The number of hydrogen-bond donors (Lipinski definition) is 1. The molecule has 3 aromatic rings. The molecule has 0 aliphatic heterocycles. The van der Waals surface area contributed by atoms with Gasteiger partial charge >= 0.3 is 5.97 Å². The molecule has 122 valence electrons. The van der Waals surface area contributed by atoms with E-state index in [9.17, 15) is 9.90 Å². The van der Waals surface area contributed by atoms with Crippen molar-refractivity contribution in [3.05, 3.63) is 53.6 Å². The summed E-state index contributed by atoms with van der Waals surface area (Å²) in [5, 5.41) is 10.1. The first-order valence-corrected chi connectivity index (χ1v) is 7.41. The van der Waals surface area contributed by atoms with Crippen LogP contribution in [0.3, 0.4) is 0 Å². The number of methoxy groups -OCH3 is 2. The molecule has 1 heterocycles. The second kappa shape index (κ2) is 6.20. The van der Waals surface area contributed by atoms with Crippen LogP contribution in [-0.4, -0.2) is 30.3 Å². The van der Waals surface area contributed by atoms with Crippen LogP contribution in [0.25, 0.3) is 22.2 Å². The highest BCUT2D eigenvalue weighted by Gasteiger charge is 2.17. The lowest BCUT2D eigenvalue weighted by Gasteiger charge is -2.12.